The highest BCUT2D eigenvalue weighted by Gasteiger charge is 2.02. The first-order chi connectivity index (χ1) is 6.38. The molecule has 78 valence electrons. The van der Waals surface area contributed by atoms with E-state index >= 15 is 0 Å². The molecule has 0 atom stereocenters. The Bertz CT molecular complexity index is 393. The third-order valence-electron chi connectivity index (χ3n) is 1.88. The molecule has 3 nitrogen and oxygen atoms in total. The molecule has 0 radical (unpaired) electrons. The van der Waals surface area contributed by atoms with Crippen molar-refractivity contribution in [2.24, 2.45) is 0 Å². The second-order valence-electron chi connectivity index (χ2n) is 3.65. The average molecular weight is 213 g/mol. The maximum atomic E-state index is 10.9. The number of nitrogens with one attached hydrogen (secondary N) is 1. The Morgan fingerprint density at radius 2 is 1.64 bits per heavy atom. The summed E-state index contributed by atoms with van der Waals surface area (Å²) in [7, 11) is -3.16. The molecular weight excluding hydrogens is 198 g/mol. The number of rotatable bonds is 3. The molecule has 1 rings (SSSR count). The van der Waals surface area contributed by atoms with Crippen molar-refractivity contribution in [2.45, 2.75) is 19.8 Å². The fraction of sp³-hybridized carbons (Fsp3) is 0.400. The third-order valence-corrected chi connectivity index (χ3v) is 2.49. The fourth-order valence-electron chi connectivity index (χ4n) is 1.15. The van der Waals surface area contributed by atoms with E-state index in [0.29, 0.717) is 11.6 Å². The Morgan fingerprint density at radius 3 is 2.00 bits per heavy atom. The van der Waals surface area contributed by atoms with E-state index in [2.05, 4.69) is 18.6 Å². The van der Waals surface area contributed by atoms with E-state index < -0.39 is 10.0 Å². The van der Waals surface area contributed by atoms with Gasteiger partial charge < -0.3 is 0 Å². The summed E-state index contributed by atoms with van der Waals surface area (Å²) in [5, 5.41) is 0. The van der Waals surface area contributed by atoms with Gasteiger partial charge >= 0.3 is 0 Å². The van der Waals surface area contributed by atoms with Crippen LogP contribution < -0.4 is 4.72 Å². The first-order valence-electron chi connectivity index (χ1n) is 4.46. The Kier molecular flexibility index (Phi) is 3.16. The largest absolute Gasteiger partial charge is 0.284 e. The molecule has 4 heteroatoms. The molecule has 1 aromatic carbocycles. The molecule has 0 saturated heterocycles. The van der Waals surface area contributed by atoms with E-state index in [9.17, 15) is 8.42 Å². The van der Waals surface area contributed by atoms with Gasteiger partial charge in [0.15, 0.2) is 0 Å². The minimum Gasteiger partial charge on any atom is -0.284 e. The van der Waals surface area contributed by atoms with Gasteiger partial charge in [-0.1, -0.05) is 26.0 Å². The van der Waals surface area contributed by atoms with Crippen molar-refractivity contribution in [3.63, 3.8) is 0 Å². The predicted octanol–water partition coefficient (Wildman–Crippen LogP) is 2.18. The number of anilines is 1. The van der Waals surface area contributed by atoms with Gasteiger partial charge in [-0.3, -0.25) is 4.72 Å². The molecule has 0 bridgehead atoms. The van der Waals surface area contributed by atoms with Crippen molar-refractivity contribution in [1.29, 1.82) is 0 Å². The molecule has 0 aliphatic rings. The number of sulfonamides is 1. The lowest BCUT2D eigenvalue weighted by molar-refractivity contribution is 0.607. The summed E-state index contributed by atoms with van der Waals surface area (Å²) >= 11 is 0. The molecule has 14 heavy (non-hydrogen) atoms. The highest BCUT2D eigenvalue weighted by atomic mass is 32.2. The van der Waals surface area contributed by atoms with E-state index in [-0.39, 0.29) is 0 Å². The number of hydrogen-bond acceptors (Lipinski definition) is 2. The standard InChI is InChI=1S/C10H15NO2S/c1-8(2)9-4-6-10(7-5-9)11-14(3,12)13/h4-8,11H,1-3H3. The molecule has 0 aliphatic heterocycles. The summed E-state index contributed by atoms with van der Waals surface area (Å²) in [4.78, 5) is 0. The molecule has 0 spiro atoms. The van der Waals surface area contributed by atoms with Crippen molar-refractivity contribution < 1.29 is 8.42 Å². The second-order valence-corrected chi connectivity index (χ2v) is 5.40. The van der Waals surface area contributed by atoms with Crippen LogP contribution in [0, 0.1) is 0 Å². The van der Waals surface area contributed by atoms with Crippen molar-refractivity contribution in [3.8, 4) is 0 Å². The smallest absolute Gasteiger partial charge is 0.229 e. The molecule has 1 N–H and O–H groups in total. The molecule has 0 fully saturated rings. The van der Waals surface area contributed by atoms with Crippen LogP contribution in [0.5, 0.6) is 0 Å². The van der Waals surface area contributed by atoms with Crippen molar-refractivity contribution in [2.75, 3.05) is 11.0 Å². The first kappa shape index (κ1) is 11.0. The summed E-state index contributed by atoms with van der Waals surface area (Å²) in [6, 6.07) is 7.41. The van der Waals surface area contributed by atoms with Crippen LogP contribution in [0.2, 0.25) is 0 Å². The highest BCUT2D eigenvalue weighted by Crippen LogP contribution is 2.17. The van der Waals surface area contributed by atoms with Gasteiger partial charge in [-0.2, -0.15) is 0 Å². The molecule has 0 aromatic heterocycles. The molecular formula is C10H15NO2S. The zero-order valence-corrected chi connectivity index (χ0v) is 9.43. The van der Waals surface area contributed by atoms with Crippen LogP contribution in [-0.4, -0.2) is 14.7 Å². The molecule has 0 heterocycles. The van der Waals surface area contributed by atoms with E-state index in [0.717, 1.165) is 6.26 Å². The minimum absolute atomic E-state index is 0.460. The predicted molar refractivity (Wildman–Crippen MR) is 59.0 cm³/mol. The molecule has 0 unspecified atom stereocenters. The summed E-state index contributed by atoms with van der Waals surface area (Å²) < 4.78 is 24.2. The number of hydrogen-bond donors (Lipinski definition) is 1. The zero-order valence-electron chi connectivity index (χ0n) is 8.61. The van der Waals surface area contributed by atoms with Gasteiger partial charge in [-0.25, -0.2) is 8.42 Å². The quantitative estimate of drug-likeness (QED) is 0.836. The molecule has 0 saturated carbocycles. The highest BCUT2D eigenvalue weighted by molar-refractivity contribution is 7.92. The molecule has 0 amide bonds. The Hall–Kier alpha value is -1.03. The maximum absolute atomic E-state index is 10.9. The van der Waals surface area contributed by atoms with Crippen LogP contribution in [-0.2, 0) is 10.0 Å². The second kappa shape index (κ2) is 4.00. The fourth-order valence-corrected chi connectivity index (χ4v) is 1.71. The van der Waals surface area contributed by atoms with E-state index in [1.807, 2.05) is 12.1 Å². The average Bonchev–Trinajstić information content (AvgIpc) is 2.02. The summed E-state index contributed by atoms with van der Waals surface area (Å²) in [5.74, 6) is 0.460. The Balaban J connectivity index is 2.84. The van der Waals surface area contributed by atoms with Crippen molar-refractivity contribution in [3.05, 3.63) is 29.8 Å². The van der Waals surface area contributed by atoms with Crippen LogP contribution in [0.3, 0.4) is 0 Å². The lowest BCUT2D eigenvalue weighted by Gasteiger charge is -2.07. The zero-order chi connectivity index (χ0) is 10.8. The third kappa shape index (κ3) is 3.38. The van der Waals surface area contributed by atoms with E-state index in [1.165, 1.54) is 5.56 Å². The van der Waals surface area contributed by atoms with Gasteiger partial charge in [0.05, 0.1) is 6.26 Å². The lowest BCUT2D eigenvalue weighted by atomic mass is 10.0. The van der Waals surface area contributed by atoms with E-state index in [1.54, 1.807) is 12.1 Å². The van der Waals surface area contributed by atoms with Gasteiger partial charge in [0, 0.05) is 5.69 Å². The van der Waals surface area contributed by atoms with Gasteiger partial charge in [-0.05, 0) is 23.6 Å². The SMILES string of the molecule is CC(C)c1ccc(NS(C)(=O)=O)cc1. The van der Waals surface area contributed by atoms with Gasteiger partial charge in [0.2, 0.25) is 10.0 Å². The van der Waals surface area contributed by atoms with Crippen LogP contribution in [0.25, 0.3) is 0 Å². The monoisotopic (exact) mass is 213 g/mol. The minimum atomic E-state index is -3.16. The lowest BCUT2D eigenvalue weighted by Crippen LogP contribution is -2.09. The summed E-state index contributed by atoms with van der Waals surface area (Å²) in [5.41, 5.74) is 1.81. The summed E-state index contributed by atoms with van der Waals surface area (Å²) in [6.45, 7) is 4.19. The van der Waals surface area contributed by atoms with Gasteiger partial charge in [0.1, 0.15) is 0 Å². The summed E-state index contributed by atoms with van der Waals surface area (Å²) in [6.07, 6.45) is 1.14. The Labute approximate surface area is 85.2 Å². The van der Waals surface area contributed by atoms with Gasteiger partial charge in [-0.15, -0.1) is 0 Å². The molecule has 1 aromatic rings. The molecule has 0 aliphatic carbocycles. The van der Waals surface area contributed by atoms with Crippen molar-refractivity contribution >= 4 is 15.7 Å². The van der Waals surface area contributed by atoms with Crippen molar-refractivity contribution in [1.82, 2.24) is 0 Å². The normalized spacial score (nSPS) is 11.7. The van der Waals surface area contributed by atoms with Gasteiger partial charge in [0.25, 0.3) is 0 Å². The van der Waals surface area contributed by atoms with Crippen LogP contribution >= 0.6 is 0 Å². The van der Waals surface area contributed by atoms with Crippen LogP contribution in [0.15, 0.2) is 24.3 Å². The van der Waals surface area contributed by atoms with Crippen LogP contribution in [0.4, 0.5) is 5.69 Å². The number of benzene rings is 1. The van der Waals surface area contributed by atoms with Crippen LogP contribution in [0.1, 0.15) is 25.3 Å². The topological polar surface area (TPSA) is 46.2 Å². The first-order valence-corrected chi connectivity index (χ1v) is 6.35. The van der Waals surface area contributed by atoms with E-state index in [4.69, 9.17) is 0 Å². The maximum Gasteiger partial charge on any atom is 0.229 e. The Morgan fingerprint density at radius 1 is 1.14 bits per heavy atom.